The molecular weight excluding hydrogens is 324 g/mol. The molecule has 0 bridgehead atoms. The fraction of sp³-hybridized carbons (Fsp3) is 0.455. The zero-order valence-corrected chi connectivity index (χ0v) is 15.7. The highest BCUT2D eigenvalue weighted by molar-refractivity contribution is 5.28. The summed E-state index contributed by atoms with van der Waals surface area (Å²) in [5, 5.41) is 0. The first kappa shape index (κ1) is 20.3. The Morgan fingerprint density at radius 3 is 1.27 bits per heavy atom. The van der Waals surface area contributed by atoms with E-state index in [0.717, 1.165) is 63.1 Å². The van der Waals surface area contributed by atoms with E-state index in [1.54, 1.807) is 0 Å². The maximum Gasteiger partial charge on any atom is 0.119 e. The van der Waals surface area contributed by atoms with Gasteiger partial charge in [-0.25, -0.2) is 0 Å². The second-order valence-corrected chi connectivity index (χ2v) is 6.48. The van der Waals surface area contributed by atoms with Crippen molar-refractivity contribution in [1.82, 2.24) is 0 Å². The highest BCUT2D eigenvalue weighted by Crippen LogP contribution is 2.15. The van der Waals surface area contributed by atoms with Crippen LogP contribution in [0.5, 0.6) is 11.5 Å². The minimum Gasteiger partial charge on any atom is -0.494 e. The van der Waals surface area contributed by atoms with Gasteiger partial charge in [0.25, 0.3) is 0 Å². The summed E-state index contributed by atoms with van der Waals surface area (Å²) in [6.45, 7) is 2.89. The monoisotopic (exact) mass is 356 g/mol. The van der Waals surface area contributed by atoms with Crippen molar-refractivity contribution >= 4 is 0 Å². The van der Waals surface area contributed by atoms with Gasteiger partial charge < -0.3 is 20.9 Å². The lowest BCUT2D eigenvalue weighted by Crippen LogP contribution is -2.03. The number of nitrogens with two attached hydrogens (primary N) is 2. The van der Waals surface area contributed by atoms with Gasteiger partial charge in [-0.2, -0.15) is 0 Å². The third kappa shape index (κ3) is 7.89. The molecule has 4 N–H and O–H groups in total. The number of unbranched alkanes of at least 4 members (excludes halogenated alkanes) is 1. The van der Waals surface area contributed by atoms with Crippen molar-refractivity contribution in [2.24, 2.45) is 11.5 Å². The Balaban J connectivity index is 1.56. The average Bonchev–Trinajstić information content (AvgIpc) is 2.69. The average molecular weight is 357 g/mol. The lowest BCUT2D eigenvalue weighted by atomic mass is 10.1. The van der Waals surface area contributed by atoms with Crippen LogP contribution < -0.4 is 20.9 Å². The number of hydrogen-bond acceptors (Lipinski definition) is 4. The van der Waals surface area contributed by atoms with Gasteiger partial charge in [0.1, 0.15) is 11.5 Å². The molecule has 0 unspecified atom stereocenters. The van der Waals surface area contributed by atoms with Crippen LogP contribution in [0.2, 0.25) is 0 Å². The van der Waals surface area contributed by atoms with E-state index in [2.05, 4.69) is 24.3 Å². The van der Waals surface area contributed by atoms with E-state index in [1.165, 1.54) is 11.1 Å². The molecule has 0 aromatic heterocycles. The van der Waals surface area contributed by atoms with Crippen LogP contribution in [0, 0.1) is 0 Å². The zero-order chi connectivity index (χ0) is 18.5. The first-order valence-corrected chi connectivity index (χ1v) is 9.65. The van der Waals surface area contributed by atoms with Crippen molar-refractivity contribution < 1.29 is 9.47 Å². The van der Waals surface area contributed by atoms with E-state index in [0.29, 0.717) is 13.2 Å². The van der Waals surface area contributed by atoms with Crippen LogP contribution in [0.3, 0.4) is 0 Å². The van der Waals surface area contributed by atoms with E-state index in [-0.39, 0.29) is 0 Å². The first-order chi connectivity index (χ1) is 12.8. The van der Waals surface area contributed by atoms with Crippen molar-refractivity contribution in [3.8, 4) is 11.5 Å². The quantitative estimate of drug-likeness (QED) is 0.537. The Morgan fingerprint density at radius 2 is 0.923 bits per heavy atom. The predicted molar refractivity (Wildman–Crippen MR) is 108 cm³/mol. The summed E-state index contributed by atoms with van der Waals surface area (Å²) in [6.07, 6.45) is 6.06. The Kier molecular flexibility index (Phi) is 9.62. The molecule has 0 radical (unpaired) electrons. The minimum absolute atomic E-state index is 0.712. The van der Waals surface area contributed by atoms with Crippen molar-refractivity contribution in [2.45, 2.75) is 38.5 Å². The van der Waals surface area contributed by atoms with Gasteiger partial charge in [-0.15, -0.1) is 0 Å². The van der Waals surface area contributed by atoms with Crippen molar-refractivity contribution in [3.63, 3.8) is 0 Å². The second-order valence-electron chi connectivity index (χ2n) is 6.48. The van der Waals surface area contributed by atoms with Gasteiger partial charge in [-0.1, -0.05) is 24.3 Å². The van der Waals surface area contributed by atoms with Crippen molar-refractivity contribution in [3.05, 3.63) is 59.7 Å². The summed E-state index contributed by atoms with van der Waals surface area (Å²) in [7, 11) is 0. The van der Waals surface area contributed by atoms with Gasteiger partial charge in [0.05, 0.1) is 13.2 Å². The minimum atomic E-state index is 0.712. The molecule has 0 amide bonds. The van der Waals surface area contributed by atoms with Crippen LogP contribution in [-0.4, -0.2) is 26.3 Å². The Morgan fingerprint density at radius 1 is 0.538 bits per heavy atom. The van der Waals surface area contributed by atoms with E-state index >= 15 is 0 Å². The Hall–Kier alpha value is -2.04. The fourth-order valence-electron chi connectivity index (χ4n) is 2.70. The second kappa shape index (κ2) is 12.3. The molecule has 142 valence electrons. The van der Waals surface area contributed by atoms with E-state index in [9.17, 15) is 0 Å². The molecule has 0 saturated carbocycles. The standard InChI is InChI=1S/C22H32N2O2/c23-15-3-5-19-7-11-21(12-8-19)25-17-1-2-18-26-22-13-9-20(10-14-22)6-4-16-24/h7-14H,1-6,15-18,23-24H2. The van der Waals surface area contributed by atoms with E-state index < -0.39 is 0 Å². The predicted octanol–water partition coefficient (Wildman–Crippen LogP) is 3.71. The topological polar surface area (TPSA) is 70.5 Å². The molecule has 4 heteroatoms. The van der Waals surface area contributed by atoms with Crippen LogP contribution in [0.4, 0.5) is 0 Å². The molecule has 4 nitrogen and oxygen atoms in total. The summed E-state index contributed by atoms with van der Waals surface area (Å²) in [5.74, 6) is 1.85. The largest absolute Gasteiger partial charge is 0.494 e. The Bertz CT molecular complexity index is 541. The van der Waals surface area contributed by atoms with Gasteiger partial charge in [0.15, 0.2) is 0 Å². The number of ether oxygens (including phenoxy) is 2. The van der Waals surface area contributed by atoms with Crippen LogP contribution in [-0.2, 0) is 12.8 Å². The van der Waals surface area contributed by atoms with E-state index in [1.807, 2.05) is 24.3 Å². The molecule has 2 rings (SSSR count). The normalized spacial score (nSPS) is 10.7. The van der Waals surface area contributed by atoms with Crippen LogP contribution in [0.25, 0.3) is 0 Å². The van der Waals surface area contributed by atoms with Gasteiger partial charge in [0.2, 0.25) is 0 Å². The van der Waals surface area contributed by atoms with Crippen LogP contribution >= 0.6 is 0 Å². The zero-order valence-electron chi connectivity index (χ0n) is 15.7. The maximum absolute atomic E-state index is 5.78. The molecule has 0 heterocycles. The van der Waals surface area contributed by atoms with Crippen LogP contribution in [0.1, 0.15) is 36.8 Å². The van der Waals surface area contributed by atoms with Gasteiger partial charge >= 0.3 is 0 Å². The van der Waals surface area contributed by atoms with Gasteiger partial charge in [0, 0.05) is 0 Å². The van der Waals surface area contributed by atoms with Crippen molar-refractivity contribution in [2.75, 3.05) is 26.3 Å². The summed E-state index contributed by atoms with van der Waals surface area (Å²) in [6, 6.07) is 16.6. The molecule has 0 saturated heterocycles. The SMILES string of the molecule is NCCCc1ccc(OCCCCOc2ccc(CCCN)cc2)cc1. The lowest BCUT2D eigenvalue weighted by molar-refractivity contribution is 0.266. The van der Waals surface area contributed by atoms with Crippen LogP contribution in [0.15, 0.2) is 48.5 Å². The number of rotatable bonds is 13. The smallest absolute Gasteiger partial charge is 0.119 e. The summed E-state index contributed by atoms with van der Waals surface area (Å²) in [4.78, 5) is 0. The van der Waals surface area contributed by atoms with E-state index in [4.69, 9.17) is 20.9 Å². The maximum atomic E-state index is 5.78. The highest BCUT2D eigenvalue weighted by Gasteiger charge is 1.98. The molecule has 0 fully saturated rings. The van der Waals surface area contributed by atoms with Crippen molar-refractivity contribution in [1.29, 1.82) is 0 Å². The fourth-order valence-corrected chi connectivity index (χ4v) is 2.70. The molecule has 26 heavy (non-hydrogen) atoms. The third-order valence-corrected chi connectivity index (χ3v) is 4.26. The molecular formula is C22H32N2O2. The molecule has 0 atom stereocenters. The molecule has 0 aliphatic rings. The molecule has 2 aromatic rings. The number of benzene rings is 2. The summed E-state index contributed by atoms with van der Waals surface area (Å²) >= 11 is 0. The third-order valence-electron chi connectivity index (χ3n) is 4.26. The summed E-state index contributed by atoms with van der Waals surface area (Å²) < 4.78 is 11.6. The molecule has 0 aliphatic carbocycles. The molecule has 0 aliphatic heterocycles. The number of aryl methyl sites for hydroxylation is 2. The highest BCUT2D eigenvalue weighted by atomic mass is 16.5. The molecule has 0 spiro atoms. The van der Waals surface area contributed by atoms with Gasteiger partial charge in [-0.3, -0.25) is 0 Å². The molecule has 2 aromatic carbocycles. The lowest BCUT2D eigenvalue weighted by Gasteiger charge is -2.09. The number of hydrogen-bond donors (Lipinski definition) is 2. The van der Waals surface area contributed by atoms with Gasteiger partial charge in [-0.05, 0) is 87.0 Å². The summed E-state index contributed by atoms with van der Waals surface area (Å²) in [5.41, 5.74) is 13.7. The Labute approximate surface area is 157 Å². The first-order valence-electron chi connectivity index (χ1n) is 9.65.